The summed E-state index contributed by atoms with van der Waals surface area (Å²) in [5.41, 5.74) is 6.05. The quantitative estimate of drug-likeness (QED) is 0.829. The number of hydrogen-bond acceptors (Lipinski definition) is 4. The average Bonchev–Trinajstić information content (AvgIpc) is 3.23. The van der Waals surface area contributed by atoms with Crippen molar-refractivity contribution in [2.45, 2.75) is 18.9 Å². The number of nitrogen functional groups attached to an aromatic ring is 1. The topological polar surface area (TPSA) is 94.6 Å². The van der Waals surface area contributed by atoms with Crippen molar-refractivity contribution in [1.29, 1.82) is 0 Å². The molecular formula is C14H14N2O4. The van der Waals surface area contributed by atoms with E-state index in [0.29, 0.717) is 22.3 Å². The molecule has 0 unspecified atom stereocenters. The zero-order valence-electron chi connectivity index (χ0n) is 10.9. The lowest BCUT2D eigenvalue weighted by Crippen LogP contribution is -2.19. The summed E-state index contributed by atoms with van der Waals surface area (Å²) in [7, 11) is 1.50. The first-order valence-electron chi connectivity index (χ1n) is 6.28. The van der Waals surface area contributed by atoms with E-state index in [1.165, 1.54) is 19.4 Å². The lowest BCUT2D eigenvalue weighted by atomic mass is 10.1. The van der Waals surface area contributed by atoms with Crippen LogP contribution in [0, 0.1) is 0 Å². The minimum absolute atomic E-state index is 0.228. The Hall–Kier alpha value is -2.50. The second-order valence-corrected chi connectivity index (χ2v) is 4.93. The molecule has 3 N–H and O–H groups in total. The van der Waals surface area contributed by atoms with Crippen LogP contribution in [-0.2, 0) is 0 Å². The number of anilines is 1. The van der Waals surface area contributed by atoms with Crippen LogP contribution >= 0.6 is 0 Å². The zero-order valence-corrected chi connectivity index (χ0v) is 10.9. The lowest BCUT2D eigenvalue weighted by Gasteiger charge is -2.13. The van der Waals surface area contributed by atoms with Crippen LogP contribution in [0.1, 0.15) is 29.2 Å². The molecule has 0 amide bonds. The van der Waals surface area contributed by atoms with Gasteiger partial charge in [0, 0.05) is 23.7 Å². The summed E-state index contributed by atoms with van der Waals surface area (Å²) in [5.74, 6) is -0.741. The van der Waals surface area contributed by atoms with Crippen LogP contribution in [-0.4, -0.2) is 22.8 Å². The number of nitrogens with two attached hydrogens (primary N) is 1. The fraction of sp³-hybridized carbons (Fsp3) is 0.286. The highest BCUT2D eigenvalue weighted by Gasteiger charge is 2.27. The molecule has 0 atom stereocenters. The molecular weight excluding hydrogens is 260 g/mol. The van der Waals surface area contributed by atoms with E-state index in [2.05, 4.69) is 0 Å². The number of rotatable bonds is 3. The number of aromatic nitrogens is 1. The number of benzene rings is 1. The lowest BCUT2D eigenvalue weighted by molar-refractivity contribution is 0.0695. The summed E-state index contributed by atoms with van der Waals surface area (Å²) >= 11 is 0. The second-order valence-electron chi connectivity index (χ2n) is 4.93. The van der Waals surface area contributed by atoms with Gasteiger partial charge >= 0.3 is 5.97 Å². The molecule has 0 bridgehead atoms. The van der Waals surface area contributed by atoms with E-state index in [1.807, 2.05) is 4.57 Å². The monoisotopic (exact) mass is 274 g/mol. The summed E-state index contributed by atoms with van der Waals surface area (Å²) in [6, 6.07) is 3.42. The summed E-state index contributed by atoms with van der Waals surface area (Å²) in [5, 5.41) is 9.47. The fourth-order valence-corrected chi connectivity index (χ4v) is 2.38. The van der Waals surface area contributed by atoms with E-state index in [9.17, 15) is 9.59 Å². The Morgan fingerprint density at radius 3 is 2.70 bits per heavy atom. The van der Waals surface area contributed by atoms with Crippen molar-refractivity contribution >= 4 is 22.6 Å². The molecule has 1 aromatic heterocycles. The van der Waals surface area contributed by atoms with Crippen LogP contribution < -0.4 is 15.9 Å². The highest BCUT2D eigenvalue weighted by atomic mass is 16.5. The van der Waals surface area contributed by atoms with Gasteiger partial charge in [-0.2, -0.15) is 0 Å². The first kappa shape index (κ1) is 12.5. The van der Waals surface area contributed by atoms with Crippen LogP contribution in [0.3, 0.4) is 0 Å². The Labute approximate surface area is 114 Å². The predicted molar refractivity (Wildman–Crippen MR) is 74.4 cm³/mol. The van der Waals surface area contributed by atoms with Gasteiger partial charge in [-0.3, -0.25) is 4.79 Å². The molecule has 1 aliphatic carbocycles. The fourth-order valence-electron chi connectivity index (χ4n) is 2.38. The number of aromatic carboxylic acids is 1. The maximum absolute atomic E-state index is 12.2. The molecule has 6 heteroatoms. The molecule has 1 fully saturated rings. The molecule has 1 saturated carbocycles. The summed E-state index contributed by atoms with van der Waals surface area (Å²) in [6.07, 6.45) is 3.37. The Balaban J connectivity index is 2.42. The Bertz CT molecular complexity index is 775. The number of fused-ring (bicyclic) bond motifs is 1. The molecule has 3 rings (SSSR count). The van der Waals surface area contributed by atoms with Crippen LogP contribution in [0.4, 0.5) is 5.69 Å². The van der Waals surface area contributed by atoms with Crippen molar-refractivity contribution in [3.63, 3.8) is 0 Å². The smallest absolute Gasteiger partial charge is 0.341 e. The van der Waals surface area contributed by atoms with Crippen LogP contribution in [0.5, 0.6) is 5.75 Å². The summed E-state index contributed by atoms with van der Waals surface area (Å²) in [6.45, 7) is 0. The van der Waals surface area contributed by atoms with Crippen molar-refractivity contribution in [3.05, 3.63) is 34.1 Å². The van der Waals surface area contributed by atoms with Crippen LogP contribution in [0.2, 0.25) is 0 Å². The van der Waals surface area contributed by atoms with Gasteiger partial charge in [0.05, 0.1) is 18.3 Å². The van der Waals surface area contributed by atoms with Gasteiger partial charge in [0.15, 0.2) is 0 Å². The van der Waals surface area contributed by atoms with Gasteiger partial charge in [-0.05, 0) is 18.9 Å². The van der Waals surface area contributed by atoms with Crippen molar-refractivity contribution in [2.24, 2.45) is 0 Å². The number of carboxylic acid groups (broad SMARTS) is 1. The Morgan fingerprint density at radius 1 is 1.45 bits per heavy atom. The molecule has 1 aliphatic rings. The Kier molecular flexibility index (Phi) is 2.67. The van der Waals surface area contributed by atoms with E-state index >= 15 is 0 Å². The largest absolute Gasteiger partial charge is 0.495 e. The third-order valence-electron chi connectivity index (χ3n) is 3.55. The average molecular weight is 274 g/mol. The third kappa shape index (κ3) is 1.80. The first-order valence-corrected chi connectivity index (χ1v) is 6.28. The maximum atomic E-state index is 12.2. The van der Waals surface area contributed by atoms with Gasteiger partial charge in [0.2, 0.25) is 5.43 Å². The SMILES string of the molecule is COc1cc2c(cc1N)c(=O)c(C(=O)O)cn2C1CC1. The molecule has 6 nitrogen and oxygen atoms in total. The van der Waals surface area contributed by atoms with Crippen molar-refractivity contribution < 1.29 is 14.6 Å². The van der Waals surface area contributed by atoms with E-state index in [0.717, 1.165) is 12.8 Å². The van der Waals surface area contributed by atoms with Gasteiger partial charge < -0.3 is 20.1 Å². The molecule has 0 aliphatic heterocycles. The van der Waals surface area contributed by atoms with Gasteiger partial charge in [-0.1, -0.05) is 0 Å². The number of methoxy groups -OCH3 is 1. The van der Waals surface area contributed by atoms with Crippen molar-refractivity contribution in [3.8, 4) is 5.75 Å². The molecule has 1 heterocycles. The highest BCUT2D eigenvalue weighted by molar-refractivity contribution is 5.94. The molecule has 0 saturated heterocycles. The summed E-state index contributed by atoms with van der Waals surface area (Å²) < 4.78 is 7.00. The third-order valence-corrected chi connectivity index (χ3v) is 3.55. The van der Waals surface area contributed by atoms with E-state index < -0.39 is 11.4 Å². The number of carbonyl (C=O) groups is 1. The van der Waals surface area contributed by atoms with E-state index in [1.54, 1.807) is 6.07 Å². The van der Waals surface area contributed by atoms with Gasteiger partial charge in [-0.15, -0.1) is 0 Å². The van der Waals surface area contributed by atoms with Gasteiger partial charge in [0.1, 0.15) is 11.3 Å². The predicted octanol–water partition coefficient (Wildman–Crippen LogP) is 1.63. The second kappa shape index (κ2) is 4.26. The number of hydrogen-bond donors (Lipinski definition) is 2. The standard InChI is InChI=1S/C14H14N2O4/c1-20-12-5-11-8(4-10(12)15)13(17)9(14(18)19)6-16(11)7-2-3-7/h4-7H,2-3,15H2,1H3,(H,18,19). The molecule has 104 valence electrons. The minimum atomic E-state index is -1.22. The molecule has 20 heavy (non-hydrogen) atoms. The molecule has 2 aromatic rings. The zero-order chi connectivity index (χ0) is 14.4. The number of carboxylic acids is 1. The van der Waals surface area contributed by atoms with Crippen molar-refractivity contribution in [2.75, 3.05) is 12.8 Å². The van der Waals surface area contributed by atoms with Crippen molar-refractivity contribution in [1.82, 2.24) is 4.57 Å². The molecule has 0 spiro atoms. The number of pyridine rings is 1. The van der Waals surface area contributed by atoms with Gasteiger partial charge in [0.25, 0.3) is 0 Å². The van der Waals surface area contributed by atoms with Crippen LogP contribution in [0.25, 0.3) is 10.9 Å². The normalized spacial score (nSPS) is 14.4. The van der Waals surface area contributed by atoms with E-state index in [4.69, 9.17) is 15.6 Å². The minimum Gasteiger partial charge on any atom is -0.495 e. The Morgan fingerprint density at radius 2 is 2.15 bits per heavy atom. The first-order chi connectivity index (χ1) is 9.52. The highest BCUT2D eigenvalue weighted by Crippen LogP contribution is 2.38. The van der Waals surface area contributed by atoms with E-state index in [-0.39, 0.29) is 11.6 Å². The summed E-state index contributed by atoms with van der Waals surface area (Å²) in [4.78, 5) is 23.4. The van der Waals surface area contributed by atoms with Gasteiger partial charge in [-0.25, -0.2) is 4.79 Å². The number of ether oxygens (including phenoxy) is 1. The molecule has 0 radical (unpaired) electrons. The maximum Gasteiger partial charge on any atom is 0.341 e. The number of nitrogens with zero attached hydrogens (tertiary/aromatic N) is 1. The molecule has 1 aromatic carbocycles. The van der Waals surface area contributed by atoms with Crippen LogP contribution in [0.15, 0.2) is 23.1 Å².